The van der Waals surface area contributed by atoms with Gasteiger partial charge in [-0.15, -0.1) is 0 Å². The van der Waals surface area contributed by atoms with Crippen molar-refractivity contribution in [2.45, 2.75) is 19.3 Å². The largest absolute Gasteiger partial charge is 0.433 e. The summed E-state index contributed by atoms with van der Waals surface area (Å²) in [5.74, 6) is -0.989. The van der Waals surface area contributed by atoms with E-state index in [2.05, 4.69) is 5.32 Å². The molecule has 0 aliphatic rings. The van der Waals surface area contributed by atoms with E-state index in [0.29, 0.717) is 13.0 Å². The van der Waals surface area contributed by atoms with Crippen LogP contribution in [0.2, 0.25) is 0 Å². The SMILES string of the molecule is O=C(NCCCCCO)c1ccc([N+](=O)[O-])o1. The topological polar surface area (TPSA) is 106 Å². The summed E-state index contributed by atoms with van der Waals surface area (Å²) >= 11 is 0. The lowest BCUT2D eigenvalue weighted by atomic mass is 10.2. The van der Waals surface area contributed by atoms with Crippen molar-refractivity contribution in [1.82, 2.24) is 5.32 Å². The van der Waals surface area contributed by atoms with E-state index in [1.165, 1.54) is 6.07 Å². The number of amides is 1. The van der Waals surface area contributed by atoms with Gasteiger partial charge in [0.2, 0.25) is 0 Å². The minimum atomic E-state index is -0.696. The molecule has 0 unspecified atom stereocenters. The van der Waals surface area contributed by atoms with Crippen molar-refractivity contribution in [3.8, 4) is 0 Å². The molecule has 94 valence electrons. The first-order chi connectivity index (χ1) is 8.15. The highest BCUT2D eigenvalue weighted by atomic mass is 16.6. The van der Waals surface area contributed by atoms with E-state index < -0.39 is 16.7 Å². The van der Waals surface area contributed by atoms with Gasteiger partial charge in [0.15, 0.2) is 5.76 Å². The first-order valence-corrected chi connectivity index (χ1v) is 5.28. The van der Waals surface area contributed by atoms with Crippen molar-refractivity contribution in [3.63, 3.8) is 0 Å². The smallest absolute Gasteiger partial charge is 0.396 e. The number of furan rings is 1. The fraction of sp³-hybridized carbons (Fsp3) is 0.500. The molecule has 1 aromatic rings. The van der Waals surface area contributed by atoms with Crippen LogP contribution >= 0.6 is 0 Å². The van der Waals surface area contributed by atoms with E-state index in [9.17, 15) is 14.9 Å². The zero-order valence-corrected chi connectivity index (χ0v) is 9.22. The van der Waals surface area contributed by atoms with Gasteiger partial charge in [-0.3, -0.25) is 14.9 Å². The highest BCUT2D eigenvalue weighted by Gasteiger charge is 2.16. The van der Waals surface area contributed by atoms with E-state index in [1.54, 1.807) is 0 Å². The maximum Gasteiger partial charge on any atom is 0.433 e. The second kappa shape index (κ2) is 6.64. The van der Waals surface area contributed by atoms with Crippen molar-refractivity contribution in [1.29, 1.82) is 0 Å². The average Bonchev–Trinajstić information content (AvgIpc) is 2.78. The molecule has 17 heavy (non-hydrogen) atoms. The van der Waals surface area contributed by atoms with Gasteiger partial charge in [0.25, 0.3) is 5.91 Å². The normalized spacial score (nSPS) is 10.2. The fourth-order valence-corrected chi connectivity index (χ4v) is 1.25. The second-order valence-electron chi connectivity index (χ2n) is 3.44. The molecule has 7 nitrogen and oxygen atoms in total. The van der Waals surface area contributed by atoms with Crippen LogP contribution < -0.4 is 5.32 Å². The molecular weight excluding hydrogens is 228 g/mol. The summed E-state index contributed by atoms with van der Waals surface area (Å²) < 4.78 is 4.73. The molecule has 0 saturated heterocycles. The minimum absolute atomic E-state index is 0.0705. The monoisotopic (exact) mass is 242 g/mol. The van der Waals surface area contributed by atoms with Crippen molar-refractivity contribution < 1.29 is 19.2 Å². The van der Waals surface area contributed by atoms with Gasteiger partial charge in [0, 0.05) is 13.2 Å². The summed E-state index contributed by atoms with van der Waals surface area (Å²) in [4.78, 5) is 21.1. The van der Waals surface area contributed by atoms with Gasteiger partial charge >= 0.3 is 5.88 Å². The lowest BCUT2D eigenvalue weighted by Crippen LogP contribution is -2.23. The Morgan fingerprint density at radius 3 is 2.76 bits per heavy atom. The Morgan fingerprint density at radius 2 is 2.18 bits per heavy atom. The van der Waals surface area contributed by atoms with E-state index in [4.69, 9.17) is 9.52 Å². The summed E-state index contributed by atoms with van der Waals surface area (Å²) in [5, 5.41) is 21.4. The third kappa shape index (κ3) is 4.23. The summed E-state index contributed by atoms with van der Waals surface area (Å²) in [6.45, 7) is 0.589. The standard InChI is InChI=1S/C10H14N2O5/c13-7-3-1-2-6-11-10(14)8-4-5-9(17-8)12(15)16/h4-5,13H,1-3,6-7H2,(H,11,14). The number of hydrogen-bond donors (Lipinski definition) is 2. The Balaban J connectivity index is 2.34. The first kappa shape index (κ1) is 13.2. The molecule has 0 aliphatic carbocycles. The molecule has 1 heterocycles. The van der Waals surface area contributed by atoms with Gasteiger partial charge in [0.1, 0.15) is 4.92 Å². The van der Waals surface area contributed by atoms with Crippen LogP contribution in [0.4, 0.5) is 5.88 Å². The number of aliphatic hydroxyl groups excluding tert-OH is 1. The predicted molar refractivity (Wildman–Crippen MR) is 58.6 cm³/mol. The fourth-order valence-electron chi connectivity index (χ4n) is 1.25. The van der Waals surface area contributed by atoms with Gasteiger partial charge in [-0.1, -0.05) is 0 Å². The molecule has 1 aromatic heterocycles. The highest BCUT2D eigenvalue weighted by Crippen LogP contribution is 2.15. The van der Waals surface area contributed by atoms with Gasteiger partial charge in [-0.2, -0.15) is 0 Å². The number of aliphatic hydroxyl groups is 1. The lowest BCUT2D eigenvalue weighted by Gasteiger charge is -2.01. The summed E-state index contributed by atoms with van der Waals surface area (Å²) in [5.41, 5.74) is 0. The van der Waals surface area contributed by atoms with Crippen molar-refractivity contribution in [3.05, 3.63) is 28.0 Å². The predicted octanol–water partition coefficient (Wildman–Crippen LogP) is 1.08. The number of unbranched alkanes of at least 4 members (excludes halogenated alkanes) is 2. The van der Waals surface area contributed by atoms with Crippen LogP contribution in [0.15, 0.2) is 16.5 Å². The molecule has 0 saturated carbocycles. The number of hydrogen-bond acceptors (Lipinski definition) is 5. The van der Waals surface area contributed by atoms with Gasteiger partial charge in [0.05, 0.1) is 6.07 Å². The second-order valence-corrected chi connectivity index (χ2v) is 3.44. The van der Waals surface area contributed by atoms with Crippen LogP contribution in [0.5, 0.6) is 0 Å². The average molecular weight is 242 g/mol. The van der Waals surface area contributed by atoms with Crippen LogP contribution in [0.3, 0.4) is 0 Å². The molecule has 0 bridgehead atoms. The van der Waals surface area contributed by atoms with Crippen LogP contribution in [0.25, 0.3) is 0 Å². The zero-order chi connectivity index (χ0) is 12.7. The van der Waals surface area contributed by atoms with Gasteiger partial charge in [-0.25, -0.2) is 0 Å². The Bertz CT molecular complexity index is 388. The lowest BCUT2D eigenvalue weighted by molar-refractivity contribution is -0.402. The molecule has 7 heteroatoms. The highest BCUT2D eigenvalue weighted by molar-refractivity contribution is 5.91. The van der Waals surface area contributed by atoms with Crippen molar-refractivity contribution >= 4 is 11.8 Å². The van der Waals surface area contributed by atoms with E-state index in [1.807, 2.05) is 0 Å². The maximum atomic E-state index is 11.4. The molecule has 0 aliphatic heterocycles. The van der Waals surface area contributed by atoms with Crippen LogP contribution in [0, 0.1) is 10.1 Å². The van der Waals surface area contributed by atoms with Crippen LogP contribution in [-0.2, 0) is 0 Å². The number of carbonyl (C=O) groups excluding carboxylic acids is 1. The number of nitrogens with zero attached hydrogens (tertiary/aromatic N) is 1. The summed E-state index contributed by atoms with van der Waals surface area (Å²) in [6.07, 6.45) is 2.26. The number of nitro groups is 1. The Kier molecular flexibility index (Phi) is 5.15. The number of nitrogens with one attached hydrogen (secondary N) is 1. The zero-order valence-electron chi connectivity index (χ0n) is 9.22. The van der Waals surface area contributed by atoms with E-state index in [-0.39, 0.29) is 12.4 Å². The molecule has 0 atom stereocenters. The van der Waals surface area contributed by atoms with E-state index >= 15 is 0 Å². The summed E-state index contributed by atoms with van der Waals surface area (Å²) in [7, 11) is 0. The van der Waals surface area contributed by atoms with Crippen molar-refractivity contribution in [2.75, 3.05) is 13.2 Å². The summed E-state index contributed by atoms with van der Waals surface area (Å²) in [6, 6.07) is 2.40. The van der Waals surface area contributed by atoms with E-state index in [0.717, 1.165) is 18.9 Å². The van der Waals surface area contributed by atoms with Gasteiger partial charge < -0.3 is 14.8 Å². The number of rotatable bonds is 7. The van der Waals surface area contributed by atoms with Gasteiger partial charge in [-0.05, 0) is 25.3 Å². The van der Waals surface area contributed by atoms with Crippen LogP contribution in [-0.4, -0.2) is 29.1 Å². The number of carbonyl (C=O) groups is 1. The minimum Gasteiger partial charge on any atom is -0.396 e. The molecule has 0 aromatic carbocycles. The molecule has 0 radical (unpaired) electrons. The molecule has 1 rings (SSSR count). The first-order valence-electron chi connectivity index (χ1n) is 5.28. The van der Waals surface area contributed by atoms with Crippen LogP contribution in [0.1, 0.15) is 29.8 Å². The molecule has 2 N–H and O–H groups in total. The molecule has 0 fully saturated rings. The Morgan fingerprint density at radius 1 is 1.41 bits per heavy atom. The third-order valence-electron chi connectivity index (χ3n) is 2.12. The van der Waals surface area contributed by atoms with Crippen molar-refractivity contribution in [2.24, 2.45) is 0 Å². The molecular formula is C10H14N2O5. The molecule has 1 amide bonds. The Hall–Kier alpha value is -1.89. The quantitative estimate of drug-likeness (QED) is 0.422. The molecule has 0 spiro atoms. The third-order valence-corrected chi connectivity index (χ3v) is 2.12. The maximum absolute atomic E-state index is 11.4. The Labute approximate surface area is 97.6 Å².